The first kappa shape index (κ1) is 13.4. The SMILES string of the molecule is COCCC1(CNc2cccc(Br)c2C#N)CC1. The maximum atomic E-state index is 9.15. The second-order valence-corrected chi connectivity index (χ2v) is 5.72. The minimum absolute atomic E-state index is 0.380. The number of hydrogen-bond acceptors (Lipinski definition) is 3. The molecule has 1 fully saturated rings. The molecule has 18 heavy (non-hydrogen) atoms. The number of nitrogens with one attached hydrogen (secondary N) is 1. The van der Waals surface area contributed by atoms with Crippen molar-refractivity contribution >= 4 is 21.6 Å². The molecule has 0 atom stereocenters. The van der Waals surface area contributed by atoms with Crippen LogP contribution in [0, 0.1) is 16.7 Å². The van der Waals surface area contributed by atoms with E-state index in [9.17, 15) is 0 Å². The third-order valence-electron chi connectivity index (χ3n) is 3.57. The zero-order valence-corrected chi connectivity index (χ0v) is 12.1. The Morgan fingerprint density at radius 1 is 1.50 bits per heavy atom. The Morgan fingerprint density at radius 2 is 2.28 bits per heavy atom. The number of halogens is 1. The van der Waals surface area contributed by atoms with Crippen LogP contribution in [0.5, 0.6) is 0 Å². The molecule has 0 amide bonds. The highest BCUT2D eigenvalue weighted by molar-refractivity contribution is 9.10. The van der Waals surface area contributed by atoms with Gasteiger partial charge in [-0.1, -0.05) is 6.07 Å². The average molecular weight is 309 g/mol. The number of benzene rings is 1. The highest BCUT2D eigenvalue weighted by atomic mass is 79.9. The molecule has 0 heterocycles. The lowest BCUT2D eigenvalue weighted by molar-refractivity contribution is 0.175. The number of hydrogen-bond donors (Lipinski definition) is 1. The Bertz CT molecular complexity index is 463. The highest BCUT2D eigenvalue weighted by Gasteiger charge is 2.41. The average Bonchev–Trinajstić information content (AvgIpc) is 3.15. The molecule has 4 heteroatoms. The molecule has 3 nitrogen and oxygen atoms in total. The van der Waals surface area contributed by atoms with Crippen LogP contribution in [0.4, 0.5) is 5.69 Å². The van der Waals surface area contributed by atoms with Crippen LogP contribution >= 0.6 is 15.9 Å². The van der Waals surface area contributed by atoms with E-state index in [1.807, 2.05) is 18.2 Å². The fourth-order valence-corrected chi connectivity index (χ4v) is 2.53. The summed E-state index contributed by atoms with van der Waals surface area (Å²) in [5, 5.41) is 12.6. The maximum Gasteiger partial charge on any atom is 0.103 e. The number of ether oxygens (including phenoxy) is 1. The summed E-state index contributed by atoms with van der Waals surface area (Å²) in [4.78, 5) is 0. The smallest absolute Gasteiger partial charge is 0.103 e. The van der Waals surface area contributed by atoms with Crippen LogP contribution in [0.15, 0.2) is 22.7 Å². The molecule has 2 rings (SSSR count). The van der Waals surface area contributed by atoms with Crippen LogP contribution in [0.25, 0.3) is 0 Å². The number of methoxy groups -OCH3 is 1. The summed E-state index contributed by atoms with van der Waals surface area (Å²) in [6, 6.07) is 8.02. The Kier molecular flexibility index (Phi) is 4.26. The first-order valence-electron chi connectivity index (χ1n) is 6.12. The van der Waals surface area contributed by atoms with E-state index < -0.39 is 0 Å². The van der Waals surface area contributed by atoms with Gasteiger partial charge in [-0.15, -0.1) is 0 Å². The van der Waals surface area contributed by atoms with E-state index in [2.05, 4.69) is 27.3 Å². The van der Waals surface area contributed by atoms with E-state index in [-0.39, 0.29) is 0 Å². The molecule has 1 aromatic carbocycles. The summed E-state index contributed by atoms with van der Waals surface area (Å²) < 4.78 is 5.99. The van der Waals surface area contributed by atoms with Crippen molar-refractivity contribution in [3.8, 4) is 6.07 Å². The fourth-order valence-electron chi connectivity index (χ4n) is 2.08. The van der Waals surface area contributed by atoms with E-state index in [4.69, 9.17) is 10.00 Å². The molecule has 1 aromatic rings. The molecule has 1 aliphatic rings. The number of anilines is 1. The van der Waals surface area contributed by atoms with Gasteiger partial charge in [-0.25, -0.2) is 0 Å². The van der Waals surface area contributed by atoms with Gasteiger partial charge in [0, 0.05) is 24.7 Å². The van der Waals surface area contributed by atoms with Crippen molar-refractivity contribution in [1.82, 2.24) is 0 Å². The van der Waals surface area contributed by atoms with Gasteiger partial charge in [-0.3, -0.25) is 0 Å². The lowest BCUT2D eigenvalue weighted by atomic mass is 10.0. The molecule has 0 saturated heterocycles. The quantitative estimate of drug-likeness (QED) is 0.874. The number of rotatable bonds is 6. The molecule has 1 aliphatic carbocycles. The van der Waals surface area contributed by atoms with E-state index >= 15 is 0 Å². The van der Waals surface area contributed by atoms with Crippen LogP contribution < -0.4 is 5.32 Å². The van der Waals surface area contributed by atoms with Crippen LogP contribution in [-0.4, -0.2) is 20.3 Å². The molecular weight excluding hydrogens is 292 g/mol. The Hall–Kier alpha value is -1.05. The summed E-state index contributed by atoms with van der Waals surface area (Å²) in [5.74, 6) is 0. The van der Waals surface area contributed by atoms with Crippen molar-refractivity contribution in [2.45, 2.75) is 19.3 Å². The number of nitrogens with zero attached hydrogens (tertiary/aromatic N) is 1. The third-order valence-corrected chi connectivity index (χ3v) is 4.23. The molecule has 1 saturated carbocycles. The summed E-state index contributed by atoms with van der Waals surface area (Å²) in [6.45, 7) is 1.73. The van der Waals surface area contributed by atoms with Crippen molar-refractivity contribution in [2.24, 2.45) is 5.41 Å². The van der Waals surface area contributed by atoms with E-state index in [0.717, 1.165) is 29.7 Å². The second kappa shape index (κ2) is 5.73. The molecule has 0 unspecified atom stereocenters. The largest absolute Gasteiger partial charge is 0.385 e. The Morgan fingerprint density at radius 3 is 2.89 bits per heavy atom. The van der Waals surface area contributed by atoms with E-state index in [1.165, 1.54) is 12.8 Å². The predicted molar refractivity (Wildman–Crippen MR) is 75.5 cm³/mol. The zero-order chi connectivity index (χ0) is 13.0. The molecule has 0 aromatic heterocycles. The van der Waals surface area contributed by atoms with Gasteiger partial charge in [0.2, 0.25) is 0 Å². The monoisotopic (exact) mass is 308 g/mol. The second-order valence-electron chi connectivity index (χ2n) is 4.87. The van der Waals surface area contributed by atoms with Gasteiger partial charge in [-0.05, 0) is 52.7 Å². The van der Waals surface area contributed by atoms with Gasteiger partial charge in [0.05, 0.1) is 11.3 Å². The molecule has 0 radical (unpaired) electrons. The summed E-state index contributed by atoms with van der Waals surface area (Å²) in [7, 11) is 1.74. The van der Waals surface area contributed by atoms with Crippen LogP contribution in [0.3, 0.4) is 0 Å². The molecular formula is C14H17BrN2O. The maximum absolute atomic E-state index is 9.15. The van der Waals surface area contributed by atoms with Gasteiger partial charge >= 0.3 is 0 Å². The molecule has 1 N–H and O–H groups in total. The van der Waals surface area contributed by atoms with E-state index in [0.29, 0.717) is 11.0 Å². The normalized spacial score (nSPS) is 16.1. The Balaban J connectivity index is 1.99. The van der Waals surface area contributed by atoms with Gasteiger partial charge in [0.15, 0.2) is 0 Å². The van der Waals surface area contributed by atoms with Crippen molar-refractivity contribution in [3.05, 3.63) is 28.2 Å². The number of nitriles is 1. The molecule has 0 bridgehead atoms. The standard InChI is InChI=1S/C14H17BrN2O/c1-18-8-7-14(5-6-14)10-17-13-4-2-3-12(15)11(13)9-16/h2-4,17H,5-8,10H2,1H3. The van der Waals surface area contributed by atoms with E-state index in [1.54, 1.807) is 7.11 Å². The van der Waals surface area contributed by atoms with Crippen molar-refractivity contribution in [2.75, 3.05) is 25.6 Å². The first-order chi connectivity index (χ1) is 8.71. The zero-order valence-electron chi connectivity index (χ0n) is 10.5. The minimum atomic E-state index is 0.380. The molecule has 96 valence electrons. The lowest BCUT2D eigenvalue weighted by Gasteiger charge is -2.17. The van der Waals surface area contributed by atoms with Crippen LogP contribution in [0.2, 0.25) is 0 Å². The van der Waals surface area contributed by atoms with Gasteiger partial charge in [-0.2, -0.15) is 5.26 Å². The molecule has 0 aliphatic heterocycles. The van der Waals surface area contributed by atoms with Crippen molar-refractivity contribution in [3.63, 3.8) is 0 Å². The molecule has 0 spiro atoms. The predicted octanol–water partition coefficient (Wildman–Crippen LogP) is 3.55. The summed E-state index contributed by atoms with van der Waals surface area (Å²) >= 11 is 3.40. The van der Waals surface area contributed by atoms with Crippen LogP contribution in [-0.2, 0) is 4.74 Å². The minimum Gasteiger partial charge on any atom is -0.385 e. The summed E-state index contributed by atoms with van der Waals surface area (Å²) in [5.41, 5.74) is 1.97. The topological polar surface area (TPSA) is 45.0 Å². The lowest BCUT2D eigenvalue weighted by Crippen LogP contribution is -2.17. The summed E-state index contributed by atoms with van der Waals surface area (Å²) in [6.07, 6.45) is 3.59. The van der Waals surface area contributed by atoms with Crippen molar-refractivity contribution < 1.29 is 4.74 Å². The first-order valence-corrected chi connectivity index (χ1v) is 6.91. The fraction of sp³-hybridized carbons (Fsp3) is 0.500. The van der Waals surface area contributed by atoms with Gasteiger partial charge < -0.3 is 10.1 Å². The Labute approximate surface area is 116 Å². The highest BCUT2D eigenvalue weighted by Crippen LogP contribution is 2.48. The van der Waals surface area contributed by atoms with Crippen LogP contribution in [0.1, 0.15) is 24.8 Å². The van der Waals surface area contributed by atoms with Crippen molar-refractivity contribution in [1.29, 1.82) is 5.26 Å². The van der Waals surface area contributed by atoms with Gasteiger partial charge in [0.25, 0.3) is 0 Å². The van der Waals surface area contributed by atoms with Gasteiger partial charge in [0.1, 0.15) is 6.07 Å². The third kappa shape index (κ3) is 3.04.